The van der Waals surface area contributed by atoms with E-state index in [2.05, 4.69) is 6.58 Å². The van der Waals surface area contributed by atoms with Crippen molar-refractivity contribution in [3.63, 3.8) is 0 Å². The standard InChI is InChI=1S/C10H12O.C2H6/c1-8(2)9-5-4-6-10(7-9)11-3;1-2/h4-7H,1H2,2-3H3;1-2H3. The highest BCUT2D eigenvalue weighted by molar-refractivity contribution is 5.62. The molecule has 0 bridgehead atoms. The molecular formula is C12H18O. The smallest absolute Gasteiger partial charge is 0.119 e. The topological polar surface area (TPSA) is 9.23 Å². The van der Waals surface area contributed by atoms with E-state index in [1.807, 2.05) is 45.0 Å². The van der Waals surface area contributed by atoms with Crippen molar-refractivity contribution in [3.8, 4) is 5.75 Å². The quantitative estimate of drug-likeness (QED) is 0.670. The number of allylic oxidation sites excluding steroid dienone is 1. The molecule has 1 aromatic carbocycles. The molecule has 0 N–H and O–H groups in total. The largest absolute Gasteiger partial charge is 0.497 e. The van der Waals surface area contributed by atoms with E-state index in [4.69, 9.17) is 4.74 Å². The second-order valence-corrected chi connectivity index (χ2v) is 2.51. The van der Waals surface area contributed by atoms with Gasteiger partial charge in [-0.1, -0.05) is 38.1 Å². The van der Waals surface area contributed by atoms with Crippen LogP contribution >= 0.6 is 0 Å². The Kier molecular flexibility index (Phi) is 5.69. The summed E-state index contributed by atoms with van der Waals surface area (Å²) >= 11 is 0. The van der Waals surface area contributed by atoms with Crippen molar-refractivity contribution < 1.29 is 4.74 Å². The SMILES string of the molecule is C=C(C)c1cccc(OC)c1.CC. The van der Waals surface area contributed by atoms with Gasteiger partial charge in [0.2, 0.25) is 0 Å². The molecule has 0 aliphatic heterocycles. The van der Waals surface area contributed by atoms with Gasteiger partial charge in [-0.25, -0.2) is 0 Å². The summed E-state index contributed by atoms with van der Waals surface area (Å²) < 4.78 is 5.06. The summed E-state index contributed by atoms with van der Waals surface area (Å²) in [7, 11) is 1.66. The van der Waals surface area contributed by atoms with E-state index in [1.165, 1.54) is 0 Å². The predicted molar refractivity (Wildman–Crippen MR) is 59.1 cm³/mol. The van der Waals surface area contributed by atoms with Crippen molar-refractivity contribution in [2.45, 2.75) is 20.8 Å². The number of rotatable bonds is 2. The Hall–Kier alpha value is -1.24. The van der Waals surface area contributed by atoms with Gasteiger partial charge in [0.1, 0.15) is 5.75 Å². The lowest BCUT2D eigenvalue weighted by Crippen LogP contribution is -1.83. The van der Waals surface area contributed by atoms with Crippen LogP contribution in [0.15, 0.2) is 30.8 Å². The van der Waals surface area contributed by atoms with Gasteiger partial charge in [0.05, 0.1) is 7.11 Å². The van der Waals surface area contributed by atoms with E-state index < -0.39 is 0 Å². The van der Waals surface area contributed by atoms with Gasteiger partial charge < -0.3 is 4.74 Å². The summed E-state index contributed by atoms with van der Waals surface area (Å²) in [4.78, 5) is 0. The third-order valence-electron chi connectivity index (χ3n) is 1.56. The summed E-state index contributed by atoms with van der Waals surface area (Å²) in [5.74, 6) is 0.880. The van der Waals surface area contributed by atoms with E-state index in [0.717, 1.165) is 16.9 Å². The third-order valence-corrected chi connectivity index (χ3v) is 1.56. The van der Waals surface area contributed by atoms with Crippen molar-refractivity contribution in [3.05, 3.63) is 36.4 Å². The van der Waals surface area contributed by atoms with Crippen LogP contribution in [-0.4, -0.2) is 7.11 Å². The number of methoxy groups -OCH3 is 1. The molecule has 1 nitrogen and oxygen atoms in total. The zero-order chi connectivity index (χ0) is 10.3. The molecule has 13 heavy (non-hydrogen) atoms. The first-order valence-electron chi connectivity index (χ1n) is 4.54. The number of ether oxygens (including phenoxy) is 1. The molecule has 1 aromatic rings. The van der Waals surface area contributed by atoms with Crippen molar-refractivity contribution in [1.29, 1.82) is 0 Å². The molecule has 1 heteroatoms. The Morgan fingerprint density at radius 1 is 1.31 bits per heavy atom. The Balaban J connectivity index is 0.000000671. The second kappa shape index (κ2) is 6.30. The molecule has 0 saturated heterocycles. The van der Waals surface area contributed by atoms with Gasteiger partial charge in [0.25, 0.3) is 0 Å². The zero-order valence-electron chi connectivity index (χ0n) is 8.92. The molecule has 0 spiro atoms. The zero-order valence-corrected chi connectivity index (χ0v) is 8.92. The molecule has 0 unspecified atom stereocenters. The normalized spacial score (nSPS) is 8.31. The lowest BCUT2D eigenvalue weighted by atomic mass is 10.1. The van der Waals surface area contributed by atoms with E-state index in [1.54, 1.807) is 7.11 Å². The lowest BCUT2D eigenvalue weighted by molar-refractivity contribution is 0.414. The van der Waals surface area contributed by atoms with Crippen LogP contribution in [0, 0.1) is 0 Å². The fraction of sp³-hybridized carbons (Fsp3) is 0.333. The fourth-order valence-corrected chi connectivity index (χ4v) is 0.889. The monoisotopic (exact) mass is 178 g/mol. The van der Waals surface area contributed by atoms with Gasteiger partial charge in [-0.15, -0.1) is 0 Å². The Morgan fingerprint density at radius 3 is 2.38 bits per heavy atom. The second-order valence-electron chi connectivity index (χ2n) is 2.51. The van der Waals surface area contributed by atoms with Gasteiger partial charge >= 0.3 is 0 Å². The summed E-state index contributed by atoms with van der Waals surface area (Å²) in [5, 5.41) is 0. The number of hydrogen-bond donors (Lipinski definition) is 0. The van der Waals surface area contributed by atoms with Crippen LogP contribution in [0.4, 0.5) is 0 Å². The molecule has 0 heterocycles. The Bertz CT molecular complexity index is 264. The van der Waals surface area contributed by atoms with Gasteiger partial charge in [-0.2, -0.15) is 0 Å². The molecule has 72 valence electrons. The van der Waals surface area contributed by atoms with Crippen LogP contribution in [0.25, 0.3) is 5.57 Å². The van der Waals surface area contributed by atoms with Crippen molar-refractivity contribution in [1.82, 2.24) is 0 Å². The average Bonchev–Trinajstić information content (AvgIpc) is 2.21. The van der Waals surface area contributed by atoms with Crippen molar-refractivity contribution in [2.24, 2.45) is 0 Å². The summed E-state index contributed by atoms with van der Waals surface area (Å²) in [5.41, 5.74) is 2.19. The number of benzene rings is 1. The molecule has 1 rings (SSSR count). The molecule has 0 aromatic heterocycles. The molecule has 0 amide bonds. The lowest BCUT2D eigenvalue weighted by Gasteiger charge is -2.02. The minimum absolute atomic E-state index is 0.880. The highest BCUT2D eigenvalue weighted by Crippen LogP contribution is 2.17. The number of hydrogen-bond acceptors (Lipinski definition) is 1. The van der Waals surface area contributed by atoms with Gasteiger partial charge in [0, 0.05) is 0 Å². The van der Waals surface area contributed by atoms with Crippen molar-refractivity contribution in [2.75, 3.05) is 7.11 Å². The fourth-order valence-electron chi connectivity index (χ4n) is 0.889. The van der Waals surface area contributed by atoms with Crippen LogP contribution in [-0.2, 0) is 0 Å². The third kappa shape index (κ3) is 3.79. The molecule has 0 aliphatic rings. The van der Waals surface area contributed by atoms with Crippen LogP contribution in [0.3, 0.4) is 0 Å². The predicted octanol–water partition coefficient (Wildman–Crippen LogP) is 3.75. The molecule has 0 saturated carbocycles. The Morgan fingerprint density at radius 2 is 1.92 bits per heavy atom. The first-order valence-corrected chi connectivity index (χ1v) is 4.54. The van der Waals surface area contributed by atoms with E-state index >= 15 is 0 Å². The van der Waals surface area contributed by atoms with Crippen LogP contribution in [0.2, 0.25) is 0 Å². The molecule has 0 fully saturated rings. The maximum atomic E-state index is 5.06. The van der Waals surface area contributed by atoms with E-state index in [0.29, 0.717) is 0 Å². The van der Waals surface area contributed by atoms with Crippen LogP contribution < -0.4 is 4.74 Å². The first-order chi connectivity index (χ1) is 6.24. The van der Waals surface area contributed by atoms with Crippen LogP contribution in [0.1, 0.15) is 26.3 Å². The summed E-state index contributed by atoms with van der Waals surface area (Å²) in [6.07, 6.45) is 0. The van der Waals surface area contributed by atoms with Gasteiger partial charge in [-0.3, -0.25) is 0 Å². The van der Waals surface area contributed by atoms with Gasteiger partial charge in [0.15, 0.2) is 0 Å². The first kappa shape index (κ1) is 11.8. The maximum absolute atomic E-state index is 5.06. The Labute approximate surface area is 81.1 Å². The molecule has 0 aliphatic carbocycles. The summed E-state index contributed by atoms with van der Waals surface area (Å²) in [6, 6.07) is 7.88. The van der Waals surface area contributed by atoms with Gasteiger partial charge in [-0.05, 0) is 24.6 Å². The van der Waals surface area contributed by atoms with E-state index in [9.17, 15) is 0 Å². The minimum Gasteiger partial charge on any atom is -0.497 e. The molecule has 0 radical (unpaired) electrons. The van der Waals surface area contributed by atoms with E-state index in [-0.39, 0.29) is 0 Å². The average molecular weight is 178 g/mol. The highest BCUT2D eigenvalue weighted by Gasteiger charge is 1.94. The van der Waals surface area contributed by atoms with Crippen molar-refractivity contribution >= 4 is 5.57 Å². The maximum Gasteiger partial charge on any atom is 0.119 e. The highest BCUT2D eigenvalue weighted by atomic mass is 16.5. The minimum atomic E-state index is 0.880. The summed E-state index contributed by atoms with van der Waals surface area (Å²) in [6.45, 7) is 9.83. The van der Waals surface area contributed by atoms with Crippen LogP contribution in [0.5, 0.6) is 5.75 Å². The molecule has 0 atom stereocenters. The molecular weight excluding hydrogens is 160 g/mol.